The minimum Gasteiger partial charge on any atom is -0.334 e. The van der Waals surface area contributed by atoms with E-state index in [1.807, 2.05) is 25.3 Å². The molecule has 0 atom stereocenters. The Morgan fingerprint density at radius 1 is 1.08 bits per heavy atom. The number of halogens is 1. The summed E-state index contributed by atoms with van der Waals surface area (Å²) in [5, 5.41) is 2.00. The molecule has 0 aliphatic carbocycles. The van der Waals surface area contributed by atoms with Gasteiger partial charge in [0.15, 0.2) is 0 Å². The van der Waals surface area contributed by atoms with Crippen molar-refractivity contribution in [2.45, 2.75) is 40.3 Å². The topological polar surface area (TPSA) is 40.6 Å². The van der Waals surface area contributed by atoms with E-state index in [9.17, 15) is 14.0 Å². The summed E-state index contributed by atoms with van der Waals surface area (Å²) < 4.78 is 13.2. The molecule has 0 radical (unpaired) electrons. The SMILES string of the molecule is CCCN(CC(=O)N(Cc1ccc(F)cc1)Cc1sccc1C)C(C)=O. The van der Waals surface area contributed by atoms with Crippen LogP contribution in [0.15, 0.2) is 35.7 Å². The van der Waals surface area contributed by atoms with Crippen LogP contribution in [0, 0.1) is 12.7 Å². The summed E-state index contributed by atoms with van der Waals surface area (Å²) in [6, 6.07) is 8.19. The van der Waals surface area contributed by atoms with Crippen LogP contribution < -0.4 is 0 Å². The molecule has 2 amide bonds. The molecule has 1 aromatic heterocycles. The maximum absolute atomic E-state index is 13.2. The van der Waals surface area contributed by atoms with Gasteiger partial charge in [0.25, 0.3) is 0 Å². The zero-order valence-electron chi connectivity index (χ0n) is 15.5. The van der Waals surface area contributed by atoms with Crippen LogP contribution in [0.4, 0.5) is 4.39 Å². The number of amides is 2. The monoisotopic (exact) mass is 376 g/mol. The molecular weight excluding hydrogens is 351 g/mol. The average Bonchev–Trinajstić information content (AvgIpc) is 3.00. The second-order valence-corrected chi connectivity index (χ2v) is 7.34. The lowest BCUT2D eigenvalue weighted by atomic mass is 10.2. The third-order valence-corrected chi connectivity index (χ3v) is 5.21. The van der Waals surface area contributed by atoms with Gasteiger partial charge in [-0.25, -0.2) is 4.39 Å². The highest BCUT2D eigenvalue weighted by atomic mass is 32.1. The van der Waals surface area contributed by atoms with Crippen molar-refractivity contribution >= 4 is 23.2 Å². The van der Waals surface area contributed by atoms with Crippen LogP contribution in [-0.4, -0.2) is 34.7 Å². The first-order valence-electron chi connectivity index (χ1n) is 8.71. The molecule has 0 N–H and O–H groups in total. The Hall–Kier alpha value is -2.21. The summed E-state index contributed by atoms with van der Waals surface area (Å²) >= 11 is 1.61. The molecule has 6 heteroatoms. The highest BCUT2D eigenvalue weighted by Gasteiger charge is 2.20. The Balaban J connectivity index is 2.18. The van der Waals surface area contributed by atoms with Crippen molar-refractivity contribution in [3.63, 3.8) is 0 Å². The second kappa shape index (κ2) is 9.48. The van der Waals surface area contributed by atoms with E-state index >= 15 is 0 Å². The van der Waals surface area contributed by atoms with Gasteiger partial charge in [-0.3, -0.25) is 9.59 Å². The molecule has 1 aromatic carbocycles. The zero-order valence-corrected chi connectivity index (χ0v) is 16.3. The fourth-order valence-corrected chi connectivity index (χ4v) is 3.58. The number of thiophene rings is 1. The average molecular weight is 376 g/mol. The molecule has 26 heavy (non-hydrogen) atoms. The van der Waals surface area contributed by atoms with Crippen molar-refractivity contribution in [2.75, 3.05) is 13.1 Å². The lowest BCUT2D eigenvalue weighted by Crippen LogP contribution is -2.42. The first kappa shape index (κ1) is 20.1. The molecule has 1 heterocycles. The number of carbonyl (C=O) groups is 2. The Bertz CT molecular complexity index is 743. The third kappa shape index (κ3) is 5.66. The van der Waals surface area contributed by atoms with Gasteiger partial charge in [0, 0.05) is 24.9 Å². The van der Waals surface area contributed by atoms with Crippen LogP contribution in [-0.2, 0) is 22.7 Å². The van der Waals surface area contributed by atoms with E-state index in [0.717, 1.165) is 22.4 Å². The van der Waals surface area contributed by atoms with Crippen molar-refractivity contribution in [1.29, 1.82) is 0 Å². The molecule has 0 aliphatic rings. The van der Waals surface area contributed by atoms with Crippen LogP contribution in [0.3, 0.4) is 0 Å². The molecule has 0 saturated heterocycles. The quantitative estimate of drug-likeness (QED) is 0.699. The first-order valence-corrected chi connectivity index (χ1v) is 9.59. The molecule has 140 valence electrons. The van der Waals surface area contributed by atoms with Crippen LogP contribution in [0.25, 0.3) is 0 Å². The number of hydrogen-bond acceptors (Lipinski definition) is 3. The Kier molecular flexibility index (Phi) is 7.33. The van der Waals surface area contributed by atoms with E-state index in [1.165, 1.54) is 19.1 Å². The molecule has 0 unspecified atom stereocenters. The molecule has 0 spiro atoms. The summed E-state index contributed by atoms with van der Waals surface area (Å²) in [6.07, 6.45) is 0.800. The van der Waals surface area contributed by atoms with Gasteiger partial charge in [-0.15, -0.1) is 11.3 Å². The van der Waals surface area contributed by atoms with Crippen molar-refractivity contribution in [2.24, 2.45) is 0 Å². The van der Waals surface area contributed by atoms with Gasteiger partial charge in [-0.2, -0.15) is 0 Å². The number of rotatable bonds is 8. The highest BCUT2D eigenvalue weighted by Crippen LogP contribution is 2.20. The molecule has 2 aromatic rings. The van der Waals surface area contributed by atoms with E-state index in [2.05, 4.69) is 0 Å². The van der Waals surface area contributed by atoms with Crippen molar-refractivity contribution in [3.05, 3.63) is 57.5 Å². The van der Waals surface area contributed by atoms with Crippen molar-refractivity contribution in [3.8, 4) is 0 Å². The maximum atomic E-state index is 13.2. The lowest BCUT2D eigenvalue weighted by Gasteiger charge is -2.27. The fourth-order valence-electron chi connectivity index (χ4n) is 2.66. The van der Waals surface area contributed by atoms with Gasteiger partial charge in [0.1, 0.15) is 5.82 Å². The van der Waals surface area contributed by atoms with E-state index in [-0.39, 0.29) is 24.2 Å². The predicted molar refractivity (Wildman–Crippen MR) is 102 cm³/mol. The molecule has 0 fully saturated rings. The summed E-state index contributed by atoms with van der Waals surface area (Å²) in [5.74, 6) is -0.508. The third-order valence-electron chi connectivity index (χ3n) is 4.21. The molecule has 0 saturated carbocycles. The summed E-state index contributed by atoms with van der Waals surface area (Å²) in [4.78, 5) is 29.1. The minimum absolute atomic E-state index is 0.0643. The smallest absolute Gasteiger partial charge is 0.242 e. The van der Waals surface area contributed by atoms with Crippen molar-refractivity contribution < 1.29 is 14.0 Å². The van der Waals surface area contributed by atoms with Crippen LogP contribution in [0.2, 0.25) is 0 Å². The second-order valence-electron chi connectivity index (χ2n) is 6.34. The van der Waals surface area contributed by atoms with Gasteiger partial charge >= 0.3 is 0 Å². The number of nitrogens with zero attached hydrogens (tertiary/aromatic N) is 2. The fraction of sp³-hybridized carbons (Fsp3) is 0.400. The van der Waals surface area contributed by atoms with Gasteiger partial charge in [-0.05, 0) is 48.1 Å². The maximum Gasteiger partial charge on any atom is 0.242 e. The van der Waals surface area contributed by atoms with Gasteiger partial charge < -0.3 is 9.80 Å². The van der Waals surface area contributed by atoms with E-state index in [4.69, 9.17) is 0 Å². The largest absolute Gasteiger partial charge is 0.334 e. The molecule has 4 nitrogen and oxygen atoms in total. The van der Waals surface area contributed by atoms with E-state index < -0.39 is 0 Å². The highest BCUT2D eigenvalue weighted by molar-refractivity contribution is 7.10. The number of hydrogen-bond donors (Lipinski definition) is 0. The van der Waals surface area contributed by atoms with Crippen LogP contribution in [0.1, 0.15) is 36.3 Å². The zero-order chi connectivity index (χ0) is 19.1. The standard InChI is InChI=1S/C20H25FN2O2S/c1-4-10-22(16(3)24)14-20(25)23(13-19-15(2)9-11-26-19)12-17-5-7-18(21)8-6-17/h5-9,11H,4,10,12-14H2,1-3H3. The molecule has 0 aliphatic heterocycles. The summed E-state index contributed by atoms with van der Waals surface area (Å²) in [5.41, 5.74) is 2.00. The van der Waals surface area contributed by atoms with Crippen molar-refractivity contribution in [1.82, 2.24) is 9.80 Å². The van der Waals surface area contributed by atoms with Gasteiger partial charge in [-0.1, -0.05) is 19.1 Å². The number of carbonyl (C=O) groups excluding carboxylic acids is 2. The summed E-state index contributed by atoms with van der Waals surface area (Å²) in [6.45, 7) is 6.97. The van der Waals surface area contributed by atoms with Crippen LogP contribution in [0.5, 0.6) is 0 Å². The van der Waals surface area contributed by atoms with E-state index in [1.54, 1.807) is 33.3 Å². The normalized spacial score (nSPS) is 10.6. The lowest BCUT2D eigenvalue weighted by molar-refractivity contribution is -0.140. The number of benzene rings is 1. The number of aryl methyl sites for hydroxylation is 1. The molecule has 2 rings (SSSR count). The Labute approximate surface area is 158 Å². The van der Waals surface area contributed by atoms with Crippen LogP contribution >= 0.6 is 11.3 Å². The minimum atomic E-state index is -0.300. The van der Waals surface area contributed by atoms with Gasteiger partial charge in [0.05, 0.1) is 13.1 Å². The first-order chi connectivity index (χ1) is 12.4. The van der Waals surface area contributed by atoms with Gasteiger partial charge in [0.2, 0.25) is 11.8 Å². The van der Waals surface area contributed by atoms with E-state index in [0.29, 0.717) is 19.6 Å². The summed E-state index contributed by atoms with van der Waals surface area (Å²) in [7, 11) is 0. The molecule has 0 bridgehead atoms. The predicted octanol–water partition coefficient (Wildman–Crippen LogP) is 3.98. The Morgan fingerprint density at radius 2 is 1.77 bits per heavy atom. The Morgan fingerprint density at radius 3 is 2.31 bits per heavy atom. The molecular formula is C20H25FN2O2S.